The fourth-order valence-corrected chi connectivity index (χ4v) is 4.71. The number of nitrogens with one attached hydrogen (secondary N) is 1. The molecule has 1 aliphatic rings. The number of rotatable bonds is 9. The number of benzene rings is 2. The topological polar surface area (TPSA) is 106 Å². The monoisotopic (exact) mass is 476 g/mol. The van der Waals surface area contributed by atoms with Crippen molar-refractivity contribution in [1.29, 1.82) is 5.26 Å². The summed E-state index contributed by atoms with van der Waals surface area (Å²) in [6, 6.07) is 16.3. The number of H-pyrrole nitrogens is 1. The number of nitrogens with zero attached hydrogens (tertiary/aromatic N) is 2. The lowest BCUT2D eigenvalue weighted by Crippen LogP contribution is -2.21. The number of fused-ring (bicyclic) bond motifs is 1. The molecule has 1 atom stereocenters. The van der Waals surface area contributed by atoms with Gasteiger partial charge in [-0.15, -0.1) is 16.9 Å². The zero-order valence-electron chi connectivity index (χ0n) is 19.6. The minimum atomic E-state index is -0.431. The molecule has 1 aliphatic heterocycles. The largest absolute Gasteiger partial charge is 0.493 e. The third-order valence-corrected chi connectivity index (χ3v) is 6.74. The van der Waals surface area contributed by atoms with E-state index in [0.29, 0.717) is 35.3 Å². The van der Waals surface area contributed by atoms with Gasteiger partial charge in [0.05, 0.1) is 30.9 Å². The molecular weight excluding hydrogens is 448 g/mol. The van der Waals surface area contributed by atoms with Crippen LogP contribution in [0.25, 0.3) is 0 Å². The molecular formula is C26H28N4O3S. The summed E-state index contributed by atoms with van der Waals surface area (Å²) < 4.78 is 17.2. The molecule has 7 nitrogen and oxygen atoms in total. The average Bonchev–Trinajstić information content (AvgIpc) is 3.25. The quantitative estimate of drug-likeness (QED) is 0.314. The van der Waals surface area contributed by atoms with Gasteiger partial charge in [-0.2, -0.15) is 5.26 Å². The summed E-state index contributed by atoms with van der Waals surface area (Å²) >= 11 is 1.69. The minimum absolute atomic E-state index is 0.0616. The minimum Gasteiger partial charge on any atom is -0.493 e. The molecule has 0 saturated carbocycles. The van der Waals surface area contributed by atoms with Gasteiger partial charge < -0.3 is 19.9 Å². The summed E-state index contributed by atoms with van der Waals surface area (Å²) in [5.41, 5.74) is 10.2. The lowest BCUT2D eigenvalue weighted by Gasteiger charge is -2.24. The summed E-state index contributed by atoms with van der Waals surface area (Å²) in [5.74, 6) is 1.94. The van der Waals surface area contributed by atoms with Crippen LogP contribution in [0.15, 0.2) is 58.8 Å². The number of aromatic amines is 1. The van der Waals surface area contributed by atoms with Gasteiger partial charge in [0.25, 0.3) is 0 Å². The van der Waals surface area contributed by atoms with Crippen molar-refractivity contribution in [2.24, 2.45) is 5.73 Å². The molecule has 3 aromatic rings. The molecule has 3 N–H and O–H groups in total. The molecule has 176 valence electrons. The first kappa shape index (κ1) is 23.6. The van der Waals surface area contributed by atoms with E-state index in [1.54, 1.807) is 18.9 Å². The average molecular weight is 477 g/mol. The van der Waals surface area contributed by atoms with Crippen LogP contribution in [0.5, 0.6) is 17.4 Å². The van der Waals surface area contributed by atoms with Gasteiger partial charge in [0, 0.05) is 10.6 Å². The predicted molar refractivity (Wildman–Crippen MR) is 132 cm³/mol. The molecule has 4 rings (SSSR count). The maximum atomic E-state index is 9.95. The first-order valence-electron chi connectivity index (χ1n) is 11.2. The van der Waals surface area contributed by atoms with Crippen LogP contribution >= 0.6 is 11.8 Å². The second kappa shape index (κ2) is 10.6. The normalized spacial score (nSPS) is 14.8. The van der Waals surface area contributed by atoms with Crippen molar-refractivity contribution in [3.8, 4) is 23.4 Å². The van der Waals surface area contributed by atoms with E-state index < -0.39 is 5.92 Å². The van der Waals surface area contributed by atoms with Gasteiger partial charge in [0.2, 0.25) is 11.8 Å². The highest BCUT2D eigenvalue weighted by Gasteiger charge is 2.35. The Hall–Kier alpha value is -3.57. The Balaban J connectivity index is 1.69. The Labute approximate surface area is 203 Å². The molecule has 34 heavy (non-hydrogen) atoms. The van der Waals surface area contributed by atoms with Crippen molar-refractivity contribution in [2.75, 3.05) is 13.7 Å². The Kier molecular flexibility index (Phi) is 7.33. The van der Waals surface area contributed by atoms with Crippen molar-refractivity contribution in [3.05, 3.63) is 76.3 Å². The van der Waals surface area contributed by atoms with Crippen molar-refractivity contribution >= 4 is 11.8 Å². The van der Waals surface area contributed by atoms with Gasteiger partial charge in [-0.25, -0.2) is 0 Å². The molecule has 0 bridgehead atoms. The zero-order chi connectivity index (χ0) is 24.1. The molecule has 0 amide bonds. The fraction of sp³-hybridized carbons (Fsp3) is 0.308. The molecule has 2 heterocycles. The van der Waals surface area contributed by atoms with Crippen LogP contribution in [0.1, 0.15) is 48.1 Å². The smallest absolute Gasteiger partial charge is 0.244 e. The number of nitrogens with two attached hydrogens (primary N) is 1. The van der Waals surface area contributed by atoms with E-state index in [9.17, 15) is 5.26 Å². The molecule has 0 saturated heterocycles. The number of thioether (sulfide) groups is 1. The second-order valence-electron chi connectivity index (χ2n) is 8.06. The number of nitriles is 1. The molecule has 0 spiro atoms. The summed E-state index contributed by atoms with van der Waals surface area (Å²) in [6.45, 7) is 4.80. The SMILES string of the molecule is CCCCOc1ccc(C2C(C#N)=C(N)Oc3n[nH]c(CSc4ccc(C)cc4)c32)cc1OC. The Bertz CT molecular complexity index is 1230. The molecule has 0 radical (unpaired) electrons. The van der Waals surface area contributed by atoms with Gasteiger partial charge in [-0.05, 0) is 43.2 Å². The number of unbranched alkanes of at least 4 members (excludes halogenated alkanes) is 1. The Morgan fingerprint density at radius 1 is 1.21 bits per heavy atom. The van der Waals surface area contributed by atoms with Crippen molar-refractivity contribution in [3.63, 3.8) is 0 Å². The highest BCUT2D eigenvalue weighted by Crippen LogP contribution is 2.45. The van der Waals surface area contributed by atoms with E-state index in [1.165, 1.54) is 5.56 Å². The van der Waals surface area contributed by atoms with E-state index in [1.807, 2.05) is 18.2 Å². The van der Waals surface area contributed by atoms with Crippen molar-refractivity contribution < 1.29 is 14.2 Å². The van der Waals surface area contributed by atoms with Crippen molar-refractivity contribution in [1.82, 2.24) is 10.2 Å². The van der Waals surface area contributed by atoms with Crippen LogP contribution < -0.4 is 19.9 Å². The summed E-state index contributed by atoms with van der Waals surface area (Å²) in [4.78, 5) is 1.15. The van der Waals surface area contributed by atoms with Crippen LogP contribution in [0.4, 0.5) is 0 Å². The van der Waals surface area contributed by atoms with Crippen LogP contribution in [-0.4, -0.2) is 23.9 Å². The van der Waals surface area contributed by atoms with Crippen LogP contribution in [0.2, 0.25) is 0 Å². The third kappa shape index (κ3) is 4.85. The summed E-state index contributed by atoms with van der Waals surface area (Å²) in [7, 11) is 1.61. The first-order chi connectivity index (χ1) is 16.5. The number of aryl methyl sites for hydroxylation is 1. The summed E-state index contributed by atoms with van der Waals surface area (Å²) in [5, 5.41) is 17.4. The van der Waals surface area contributed by atoms with Crippen LogP contribution in [0, 0.1) is 18.3 Å². The van der Waals surface area contributed by atoms with Crippen molar-refractivity contribution in [2.45, 2.75) is 43.3 Å². The van der Waals surface area contributed by atoms with Gasteiger partial charge in [0.15, 0.2) is 11.5 Å². The van der Waals surface area contributed by atoms with Gasteiger partial charge in [-0.3, -0.25) is 5.10 Å². The lowest BCUT2D eigenvalue weighted by molar-refractivity contribution is 0.288. The van der Waals surface area contributed by atoms with Gasteiger partial charge >= 0.3 is 0 Å². The van der Waals surface area contributed by atoms with E-state index in [2.05, 4.69) is 54.4 Å². The van der Waals surface area contributed by atoms with E-state index in [-0.39, 0.29) is 5.88 Å². The maximum Gasteiger partial charge on any atom is 0.244 e. The van der Waals surface area contributed by atoms with E-state index in [0.717, 1.165) is 34.6 Å². The lowest BCUT2D eigenvalue weighted by atomic mass is 9.84. The maximum absolute atomic E-state index is 9.95. The fourth-order valence-electron chi connectivity index (χ4n) is 3.85. The summed E-state index contributed by atoms with van der Waals surface area (Å²) in [6.07, 6.45) is 2.01. The number of aromatic nitrogens is 2. The molecule has 0 aliphatic carbocycles. The Morgan fingerprint density at radius 3 is 2.71 bits per heavy atom. The highest BCUT2D eigenvalue weighted by atomic mass is 32.2. The number of hydrogen-bond donors (Lipinski definition) is 2. The van der Waals surface area contributed by atoms with E-state index in [4.69, 9.17) is 19.9 Å². The molecule has 0 fully saturated rings. The predicted octanol–water partition coefficient (Wildman–Crippen LogP) is 5.42. The van der Waals surface area contributed by atoms with E-state index >= 15 is 0 Å². The molecule has 1 unspecified atom stereocenters. The molecule has 8 heteroatoms. The number of allylic oxidation sites excluding steroid dienone is 1. The van der Waals surface area contributed by atoms with Gasteiger partial charge in [0.1, 0.15) is 11.6 Å². The van der Waals surface area contributed by atoms with Gasteiger partial charge in [-0.1, -0.05) is 37.1 Å². The highest BCUT2D eigenvalue weighted by molar-refractivity contribution is 7.98. The first-order valence-corrected chi connectivity index (χ1v) is 12.2. The number of hydrogen-bond acceptors (Lipinski definition) is 7. The Morgan fingerprint density at radius 2 is 2.00 bits per heavy atom. The van der Waals surface area contributed by atoms with Crippen LogP contribution in [0.3, 0.4) is 0 Å². The molecule has 1 aromatic heterocycles. The molecule has 2 aromatic carbocycles. The second-order valence-corrected chi connectivity index (χ2v) is 9.11. The van der Waals surface area contributed by atoms with Crippen LogP contribution in [-0.2, 0) is 5.75 Å². The zero-order valence-corrected chi connectivity index (χ0v) is 20.4. The standard InChI is InChI=1S/C26H28N4O3S/c1-4-5-12-32-21-11-8-17(13-22(21)31-3)23-19(14-27)25(28)33-26-24(23)20(29-30-26)15-34-18-9-6-16(2)7-10-18/h6-11,13,23H,4-5,12,15,28H2,1-3H3,(H,29,30). The number of ether oxygens (including phenoxy) is 3. The third-order valence-electron chi connectivity index (χ3n) is 5.70. The number of methoxy groups -OCH3 is 1.